The molecule has 1 saturated heterocycles. The lowest BCUT2D eigenvalue weighted by atomic mass is 9.89. The Kier molecular flexibility index (Phi) is 14.2. The SMILES string of the molecule is COCCn1c(C#N)cc(N(C(=O)c2cc(-c3cc4c(cc3C(=O)N3Cc5ccccc5C[C@H]3C)CN(C(=O)Cc3ccc(OCCN5CCOCC5)cc3)CC4)n(C)c2C)c2ccc(O)cc2)c1C. The molecule has 0 radical (unpaired) electrons. The van der Waals surface area contributed by atoms with Crippen LogP contribution in [0.4, 0.5) is 11.4 Å². The molecule has 6 aromatic rings. The molecule has 0 bridgehead atoms. The average molecular weight is 944 g/mol. The van der Waals surface area contributed by atoms with Crippen LogP contribution in [-0.2, 0) is 60.2 Å². The number of phenolic OH excluding ortho intramolecular Hbond substituents is 1. The number of carbonyl (C=O) groups excluding carboxylic acids is 3. The lowest BCUT2D eigenvalue weighted by Gasteiger charge is -2.36. The first kappa shape index (κ1) is 47.9. The smallest absolute Gasteiger partial charge is 0.264 e. The second kappa shape index (κ2) is 20.8. The Bertz CT molecular complexity index is 2940. The predicted octanol–water partition coefficient (Wildman–Crippen LogP) is 7.74. The zero-order valence-corrected chi connectivity index (χ0v) is 40.7. The number of nitrogens with zero attached hydrogens (tertiary/aromatic N) is 7. The number of aromatic nitrogens is 2. The number of nitriles is 1. The average Bonchev–Trinajstić information content (AvgIpc) is 3.86. The molecule has 2 aromatic heterocycles. The van der Waals surface area contributed by atoms with Crippen LogP contribution in [0.15, 0.2) is 97.1 Å². The molecule has 3 aliphatic heterocycles. The summed E-state index contributed by atoms with van der Waals surface area (Å²) < 4.78 is 20.6. The largest absolute Gasteiger partial charge is 0.508 e. The van der Waals surface area contributed by atoms with Crippen molar-refractivity contribution in [1.82, 2.24) is 23.8 Å². The number of rotatable bonds is 14. The number of fused-ring (bicyclic) bond motifs is 2. The third-order valence-electron chi connectivity index (χ3n) is 14.3. The van der Waals surface area contributed by atoms with E-state index in [4.69, 9.17) is 14.2 Å². The number of ether oxygens (including phenoxy) is 3. The van der Waals surface area contributed by atoms with Crippen molar-refractivity contribution in [2.45, 2.75) is 65.7 Å². The molecule has 1 atom stereocenters. The zero-order valence-electron chi connectivity index (χ0n) is 40.7. The first-order valence-electron chi connectivity index (χ1n) is 24.1. The number of hydrogen-bond acceptors (Lipinski definition) is 9. The molecule has 3 amide bonds. The molecule has 70 heavy (non-hydrogen) atoms. The lowest BCUT2D eigenvalue weighted by molar-refractivity contribution is -0.131. The first-order valence-corrected chi connectivity index (χ1v) is 24.1. The number of amides is 3. The topological polar surface area (TPSA) is 146 Å². The van der Waals surface area contributed by atoms with Gasteiger partial charge in [-0.3, -0.25) is 24.2 Å². The molecular formula is C56H61N7O7. The van der Waals surface area contributed by atoms with Crippen molar-refractivity contribution in [3.8, 4) is 28.8 Å². The first-order chi connectivity index (χ1) is 33.9. The molecule has 1 N–H and O–H groups in total. The van der Waals surface area contributed by atoms with Crippen molar-refractivity contribution in [3.05, 3.63) is 153 Å². The van der Waals surface area contributed by atoms with E-state index in [0.29, 0.717) is 96.7 Å². The maximum Gasteiger partial charge on any atom is 0.264 e. The fraction of sp³-hybridized carbons (Fsp3) is 0.357. The molecule has 0 aliphatic carbocycles. The molecule has 0 unspecified atom stereocenters. The van der Waals surface area contributed by atoms with Crippen molar-refractivity contribution < 1.29 is 33.7 Å². The number of carbonyl (C=O) groups is 3. The van der Waals surface area contributed by atoms with Gasteiger partial charge in [-0.2, -0.15) is 5.26 Å². The van der Waals surface area contributed by atoms with E-state index in [1.54, 1.807) is 30.2 Å². The second-order valence-corrected chi connectivity index (χ2v) is 18.6. The van der Waals surface area contributed by atoms with Gasteiger partial charge in [0.05, 0.1) is 37.5 Å². The third-order valence-corrected chi connectivity index (χ3v) is 14.3. The van der Waals surface area contributed by atoms with Gasteiger partial charge >= 0.3 is 0 Å². The number of anilines is 2. The number of phenols is 1. The summed E-state index contributed by atoms with van der Waals surface area (Å²) in [5, 5.41) is 20.4. The van der Waals surface area contributed by atoms with Gasteiger partial charge in [-0.15, -0.1) is 0 Å². The van der Waals surface area contributed by atoms with E-state index in [2.05, 4.69) is 36.1 Å². The number of aromatic hydroxyl groups is 1. The van der Waals surface area contributed by atoms with Crippen LogP contribution in [0.3, 0.4) is 0 Å². The van der Waals surface area contributed by atoms with Gasteiger partial charge in [0, 0.05) is 99.9 Å². The molecule has 9 rings (SSSR count). The van der Waals surface area contributed by atoms with E-state index in [1.807, 2.05) is 88.4 Å². The maximum absolute atomic E-state index is 15.2. The van der Waals surface area contributed by atoms with Crippen LogP contribution in [-0.4, -0.2) is 112 Å². The van der Waals surface area contributed by atoms with Crippen molar-refractivity contribution in [3.63, 3.8) is 0 Å². The fourth-order valence-corrected chi connectivity index (χ4v) is 10.1. The van der Waals surface area contributed by atoms with Gasteiger partial charge in [0.15, 0.2) is 0 Å². The number of morpholine rings is 1. The van der Waals surface area contributed by atoms with Crippen LogP contribution in [0.1, 0.15) is 72.5 Å². The standard InChI is InChI=1S/C56H61N7O7/c1-37-28-41-8-6-7-9-43(41)36-62(37)55(66)51-31-44-35-60(54(65)29-40-10-16-48(17-11-40)70-27-22-59-20-25-69-26-21-59)19-18-42(44)30-50(51)53-33-49(38(2)58(53)4)56(67)63(45-12-14-47(64)15-13-45)52-32-46(34-57)61(39(52)3)23-24-68-5/h6-17,30-33,37,64H,18-29,35-36H2,1-5H3/t37-/m1/s1. The lowest BCUT2D eigenvalue weighted by Crippen LogP contribution is -2.43. The minimum Gasteiger partial charge on any atom is -0.508 e. The van der Waals surface area contributed by atoms with Crippen LogP contribution in [0.2, 0.25) is 0 Å². The highest BCUT2D eigenvalue weighted by molar-refractivity contribution is 6.13. The van der Waals surface area contributed by atoms with E-state index in [0.717, 1.165) is 67.3 Å². The highest BCUT2D eigenvalue weighted by Gasteiger charge is 2.34. The molecule has 0 spiro atoms. The van der Waals surface area contributed by atoms with E-state index in [1.165, 1.54) is 17.7 Å². The molecule has 5 heterocycles. The number of methoxy groups -OCH3 is 1. The summed E-state index contributed by atoms with van der Waals surface area (Å²) in [6.45, 7) is 12.7. The molecule has 362 valence electrons. The second-order valence-electron chi connectivity index (χ2n) is 18.6. The molecular weight excluding hydrogens is 883 g/mol. The number of hydrogen-bond donors (Lipinski definition) is 1. The van der Waals surface area contributed by atoms with Crippen LogP contribution in [0.25, 0.3) is 11.3 Å². The normalized spacial score (nSPS) is 15.8. The molecule has 1 fully saturated rings. The van der Waals surface area contributed by atoms with Crippen LogP contribution in [0, 0.1) is 25.2 Å². The van der Waals surface area contributed by atoms with E-state index in [9.17, 15) is 15.2 Å². The molecule has 14 nitrogen and oxygen atoms in total. The predicted molar refractivity (Wildman–Crippen MR) is 267 cm³/mol. The van der Waals surface area contributed by atoms with Crippen molar-refractivity contribution >= 4 is 29.1 Å². The minimum atomic E-state index is -0.339. The van der Waals surface area contributed by atoms with Gasteiger partial charge in [-0.05, 0) is 122 Å². The molecule has 14 heteroatoms. The monoisotopic (exact) mass is 943 g/mol. The Morgan fingerprint density at radius 2 is 1.57 bits per heavy atom. The van der Waals surface area contributed by atoms with Gasteiger partial charge in [0.25, 0.3) is 11.8 Å². The van der Waals surface area contributed by atoms with Crippen molar-refractivity contribution in [2.24, 2.45) is 7.05 Å². The summed E-state index contributed by atoms with van der Waals surface area (Å²) >= 11 is 0. The Hall–Kier alpha value is -7.18. The third kappa shape index (κ3) is 9.83. The Balaban J connectivity index is 1.03. The number of benzene rings is 4. The van der Waals surface area contributed by atoms with E-state index in [-0.39, 0.29) is 35.9 Å². The fourth-order valence-electron chi connectivity index (χ4n) is 10.1. The van der Waals surface area contributed by atoms with Crippen molar-refractivity contribution in [2.75, 3.05) is 64.6 Å². The van der Waals surface area contributed by atoms with Gasteiger partial charge < -0.3 is 38.3 Å². The van der Waals surface area contributed by atoms with Gasteiger partial charge in [0.1, 0.15) is 29.9 Å². The summed E-state index contributed by atoms with van der Waals surface area (Å²) in [7, 11) is 3.51. The molecule has 3 aliphatic rings. The molecule has 0 saturated carbocycles. The Labute approximate surface area is 409 Å². The van der Waals surface area contributed by atoms with Gasteiger partial charge in [-0.25, -0.2) is 0 Å². The zero-order chi connectivity index (χ0) is 49.1. The van der Waals surface area contributed by atoms with Gasteiger partial charge in [-0.1, -0.05) is 36.4 Å². The summed E-state index contributed by atoms with van der Waals surface area (Å²) in [5.74, 6) is 0.374. The highest BCUT2D eigenvalue weighted by Crippen LogP contribution is 2.39. The van der Waals surface area contributed by atoms with Crippen LogP contribution in [0.5, 0.6) is 11.5 Å². The van der Waals surface area contributed by atoms with Crippen LogP contribution < -0.4 is 9.64 Å². The summed E-state index contributed by atoms with van der Waals surface area (Å²) in [6, 6.07) is 32.3. The highest BCUT2D eigenvalue weighted by atomic mass is 16.5. The molecule has 4 aromatic carbocycles. The Morgan fingerprint density at radius 1 is 0.829 bits per heavy atom. The minimum absolute atomic E-state index is 0.00964. The quantitative estimate of drug-likeness (QED) is 0.116. The summed E-state index contributed by atoms with van der Waals surface area (Å²) in [5.41, 5.74) is 10.3. The van der Waals surface area contributed by atoms with E-state index >= 15 is 9.59 Å². The van der Waals surface area contributed by atoms with Crippen molar-refractivity contribution in [1.29, 1.82) is 5.26 Å². The van der Waals surface area contributed by atoms with E-state index < -0.39 is 0 Å². The maximum atomic E-state index is 15.2. The summed E-state index contributed by atoms with van der Waals surface area (Å²) in [6.07, 6.45) is 1.56. The van der Waals surface area contributed by atoms with Crippen LogP contribution >= 0.6 is 0 Å². The Morgan fingerprint density at radius 3 is 2.30 bits per heavy atom. The van der Waals surface area contributed by atoms with Gasteiger partial charge in [0.2, 0.25) is 5.91 Å². The summed E-state index contributed by atoms with van der Waals surface area (Å²) in [4.78, 5) is 52.2.